The Labute approximate surface area is 170 Å². The molecule has 0 saturated heterocycles. The van der Waals surface area contributed by atoms with E-state index in [4.69, 9.17) is 0 Å². The molecule has 1 aromatic rings. The van der Waals surface area contributed by atoms with Crippen LogP contribution >= 0.6 is 0 Å². The number of benzene rings is 1. The van der Waals surface area contributed by atoms with E-state index in [1.807, 2.05) is 13.8 Å². The van der Waals surface area contributed by atoms with Crippen molar-refractivity contribution in [1.29, 1.82) is 0 Å². The molecule has 24 heavy (non-hydrogen) atoms. The largest absolute Gasteiger partial charge is 0.320 e. The van der Waals surface area contributed by atoms with Gasteiger partial charge in [-0.25, -0.2) is 4.39 Å². The predicted octanol–water partition coefficient (Wildman–Crippen LogP) is 4.18. The van der Waals surface area contributed by atoms with Crippen molar-refractivity contribution in [2.24, 2.45) is 0 Å². The maximum absolute atomic E-state index is 13.5. The van der Waals surface area contributed by atoms with Crippen molar-refractivity contribution in [2.45, 2.75) is 59.4 Å². The second-order valence-electron chi connectivity index (χ2n) is 6.85. The fourth-order valence-corrected chi connectivity index (χ4v) is 4.35. The summed E-state index contributed by atoms with van der Waals surface area (Å²) in [5, 5.41) is 3.14. The zero-order valence-corrected chi connectivity index (χ0v) is 18.5. The molecule has 1 aromatic carbocycles. The van der Waals surface area contributed by atoms with Crippen LogP contribution in [0.1, 0.15) is 51.2 Å². The van der Waals surface area contributed by atoms with Crippen molar-refractivity contribution in [1.82, 2.24) is 0 Å². The van der Waals surface area contributed by atoms with Gasteiger partial charge in [-0.2, -0.15) is 0 Å². The van der Waals surface area contributed by atoms with Gasteiger partial charge in [0.05, 0.1) is 19.6 Å². The molecule has 0 bridgehead atoms. The number of aryl methyl sites for hydroxylation is 2. The summed E-state index contributed by atoms with van der Waals surface area (Å²) < 4.78 is 14.3. The van der Waals surface area contributed by atoms with Crippen LogP contribution in [0.3, 0.4) is 0 Å². The smallest absolute Gasteiger partial charge is 0.285 e. The van der Waals surface area contributed by atoms with Gasteiger partial charge in [0.2, 0.25) is 0 Å². The minimum atomic E-state index is -0.328. The number of nitrogens with one attached hydrogen (secondary N) is 1. The molecule has 1 amide bonds. The molecule has 1 aliphatic carbocycles. The van der Waals surface area contributed by atoms with Gasteiger partial charge in [-0.15, -0.1) is 0 Å². The van der Waals surface area contributed by atoms with Gasteiger partial charge < -0.3 is 9.80 Å². The monoisotopic (exact) mass is 410 g/mol. The number of nitrogens with zero attached hydrogens (tertiary/aromatic N) is 1. The van der Waals surface area contributed by atoms with Crippen LogP contribution in [-0.4, -0.2) is 35.6 Å². The Morgan fingerprint density at radius 2 is 1.58 bits per heavy atom. The summed E-state index contributed by atoms with van der Waals surface area (Å²) in [6, 6.07) is 2.97. The Bertz CT molecular complexity index is 564. The van der Waals surface area contributed by atoms with Gasteiger partial charge in [-0.3, -0.25) is 4.79 Å². The Kier molecular flexibility index (Phi) is 7.58. The second kappa shape index (κ2) is 8.38. The van der Waals surface area contributed by atoms with E-state index in [1.54, 1.807) is 0 Å². The van der Waals surface area contributed by atoms with E-state index in [9.17, 15) is 9.18 Å². The van der Waals surface area contributed by atoms with Crippen LogP contribution < -0.4 is 5.32 Å². The Hall–Kier alpha value is -0.316. The number of hydrogen-bond donors (Lipinski definition) is 1. The number of amides is 1. The van der Waals surface area contributed by atoms with E-state index in [0.29, 0.717) is 0 Å². The summed E-state index contributed by atoms with van der Waals surface area (Å²) in [5.74, 6) is -0.149. The fraction of sp³-hybridized carbons (Fsp3) is 0.632. The maximum Gasteiger partial charge on any atom is 0.285 e. The molecule has 0 aromatic heterocycles. The quantitative estimate of drug-likeness (QED) is 0.701. The third-order valence-electron chi connectivity index (χ3n) is 6.06. The molecule has 1 fully saturated rings. The number of rotatable bonds is 6. The molecule has 1 N–H and O–H groups in total. The molecule has 1 aliphatic rings. The van der Waals surface area contributed by atoms with Gasteiger partial charge in [0, 0.05) is 51.2 Å². The van der Waals surface area contributed by atoms with Crippen LogP contribution in [0.15, 0.2) is 12.1 Å². The minimum absolute atomic E-state index is 0. The standard InChI is InChI=1S/C19H29FN2O.Y/c1-6-22(7-2,8-3)19(10-9-11-19)18(23)21-17-14(4)12-16(20)13-15(17)5;/h12-13H,6-11H2,1-5H3;/p+1. The van der Waals surface area contributed by atoms with E-state index in [2.05, 4.69) is 26.1 Å². The van der Waals surface area contributed by atoms with E-state index in [0.717, 1.165) is 60.2 Å². The molecule has 0 unspecified atom stereocenters. The molecule has 0 spiro atoms. The number of halogens is 1. The van der Waals surface area contributed by atoms with Crippen molar-refractivity contribution in [2.75, 3.05) is 25.0 Å². The topological polar surface area (TPSA) is 29.1 Å². The molecule has 0 heterocycles. The molecule has 131 valence electrons. The zero-order valence-electron chi connectivity index (χ0n) is 15.7. The van der Waals surface area contributed by atoms with Crippen LogP contribution in [0.2, 0.25) is 0 Å². The molecular formula is C19H30FN2OY+. The van der Waals surface area contributed by atoms with Crippen molar-refractivity contribution in [3.05, 3.63) is 29.1 Å². The number of likely N-dealkylation sites (N-methyl/N-ethyl adjacent to an activating group) is 1. The molecule has 1 saturated carbocycles. The molecule has 1 radical (unpaired) electrons. The van der Waals surface area contributed by atoms with Crippen molar-refractivity contribution < 1.29 is 46.4 Å². The van der Waals surface area contributed by atoms with E-state index in [1.165, 1.54) is 12.1 Å². The Balaban J connectivity index is 0.00000288. The summed E-state index contributed by atoms with van der Waals surface area (Å²) in [6.45, 7) is 13.1. The second-order valence-corrected chi connectivity index (χ2v) is 6.85. The van der Waals surface area contributed by atoms with Gasteiger partial charge >= 0.3 is 0 Å². The van der Waals surface area contributed by atoms with Gasteiger partial charge in [0.15, 0.2) is 5.54 Å². The number of quaternary nitrogens is 1. The van der Waals surface area contributed by atoms with Crippen molar-refractivity contribution in [3.8, 4) is 0 Å². The predicted molar refractivity (Wildman–Crippen MR) is 93.0 cm³/mol. The SMILES string of the molecule is CC[N+](CC)(CC)C1(C(=O)Nc2c(C)cc(F)cc2C)CCC1.[Y]. The first kappa shape index (κ1) is 21.7. The van der Waals surface area contributed by atoms with Crippen LogP contribution in [0.25, 0.3) is 0 Å². The normalized spacial score (nSPS) is 16.1. The van der Waals surface area contributed by atoms with E-state index in [-0.39, 0.29) is 50.0 Å². The van der Waals surface area contributed by atoms with Crippen LogP contribution in [0, 0.1) is 19.7 Å². The average Bonchev–Trinajstić information content (AvgIpc) is 2.46. The minimum Gasteiger partial charge on any atom is -0.320 e. The molecular weight excluding hydrogens is 380 g/mol. The van der Waals surface area contributed by atoms with Gasteiger partial charge in [-0.05, 0) is 64.3 Å². The van der Waals surface area contributed by atoms with E-state index < -0.39 is 0 Å². The summed E-state index contributed by atoms with van der Waals surface area (Å²) in [4.78, 5) is 13.2. The summed E-state index contributed by atoms with van der Waals surface area (Å²) in [7, 11) is 0. The average molecular weight is 410 g/mol. The molecule has 5 heteroatoms. The third kappa shape index (κ3) is 3.47. The zero-order chi connectivity index (χ0) is 17.3. The molecule has 0 atom stereocenters. The number of carbonyl (C=O) groups excluding carboxylic acids is 1. The number of carbonyl (C=O) groups is 1. The van der Waals surface area contributed by atoms with Crippen molar-refractivity contribution in [3.63, 3.8) is 0 Å². The van der Waals surface area contributed by atoms with Gasteiger partial charge in [0.25, 0.3) is 5.91 Å². The number of hydrogen-bond acceptors (Lipinski definition) is 1. The molecule has 2 rings (SSSR count). The maximum atomic E-state index is 13.5. The summed E-state index contributed by atoms with van der Waals surface area (Å²) in [6.07, 6.45) is 2.98. The van der Waals surface area contributed by atoms with Crippen LogP contribution in [0.5, 0.6) is 0 Å². The van der Waals surface area contributed by atoms with Gasteiger partial charge in [0.1, 0.15) is 5.82 Å². The Morgan fingerprint density at radius 1 is 1.12 bits per heavy atom. The summed E-state index contributed by atoms with van der Waals surface area (Å²) >= 11 is 0. The van der Waals surface area contributed by atoms with E-state index >= 15 is 0 Å². The number of anilines is 1. The van der Waals surface area contributed by atoms with Gasteiger partial charge in [-0.1, -0.05) is 0 Å². The van der Waals surface area contributed by atoms with Crippen LogP contribution in [-0.2, 0) is 37.5 Å². The van der Waals surface area contributed by atoms with Crippen molar-refractivity contribution >= 4 is 11.6 Å². The first-order valence-electron chi connectivity index (χ1n) is 8.80. The third-order valence-corrected chi connectivity index (χ3v) is 6.06. The first-order chi connectivity index (χ1) is 10.9. The summed E-state index contributed by atoms with van der Waals surface area (Å²) in [5.41, 5.74) is 2.01. The Morgan fingerprint density at radius 3 is 1.92 bits per heavy atom. The molecule has 0 aliphatic heterocycles. The van der Waals surface area contributed by atoms with Crippen LogP contribution in [0.4, 0.5) is 10.1 Å². The first-order valence-corrected chi connectivity index (χ1v) is 8.80. The molecule has 3 nitrogen and oxygen atoms in total. The fourth-order valence-electron chi connectivity index (χ4n) is 4.35.